The summed E-state index contributed by atoms with van der Waals surface area (Å²) in [5.41, 5.74) is 1.87. The van der Waals surface area contributed by atoms with Gasteiger partial charge in [-0.15, -0.1) is 0 Å². The van der Waals surface area contributed by atoms with Crippen LogP contribution in [0.4, 0.5) is 24.9 Å². The van der Waals surface area contributed by atoms with Gasteiger partial charge in [0.1, 0.15) is 30.4 Å². The lowest BCUT2D eigenvalue weighted by Crippen LogP contribution is -2.53. The van der Waals surface area contributed by atoms with E-state index in [2.05, 4.69) is 15.3 Å². The predicted octanol–water partition coefficient (Wildman–Crippen LogP) is 3.62. The van der Waals surface area contributed by atoms with Crippen molar-refractivity contribution in [3.63, 3.8) is 0 Å². The Morgan fingerprint density at radius 3 is 2.35 bits per heavy atom. The lowest BCUT2D eigenvalue weighted by Gasteiger charge is -2.34. The zero-order chi connectivity index (χ0) is 26.9. The summed E-state index contributed by atoms with van der Waals surface area (Å²) in [6.45, 7) is 7.01. The molecule has 1 N–H and O–H groups in total. The van der Waals surface area contributed by atoms with Crippen LogP contribution in [0, 0.1) is 0 Å². The highest BCUT2D eigenvalue weighted by Gasteiger charge is 2.38. The van der Waals surface area contributed by atoms with Crippen LogP contribution in [-0.4, -0.2) is 76.6 Å². The number of nitrogens with one attached hydrogen (secondary N) is 1. The summed E-state index contributed by atoms with van der Waals surface area (Å²) in [6, 6.07) is 7.39. The maximum atomic E-state index is 13.1. The lowest BCUT2D eigenvalue weighted by atomic mass is 10.1. The Kier molecular flexibility index (Phi) is 7.47. The van der Waals surface area contributed by atoms with E-state index >= 15 is 0 Å². The molecule has 1 aromatic heterocycles. The number of halogens is 3. The molecule has 0 radical (unpaired) electrons. The number of benzene rings is 1. The van der Waals surface area contributed by atoms with Crippen LogP contribution in [0.25, 0.3) is 0 Å². The Labute approximate surface area is 213 Å². The van der Waals surface area contributed by atoms with Gasteiger partial charge < -0.3 is 24.8 Å². The second-order valence-electron chi connectivity index (χ2n) is 9.45. The number of carbonyl (C=O) groups excluding carboxylic acids is 2. The number of hydrogen-bond acceptors (Lipinski definition) is 7. The first-order valence-electron chi connectivity index (χ1n) is 12.3. The minimum absolute atomic E-state index is 0.0611. The van der Waals surface area contributed by atoms with Crippen LogP contribution >= 0.6 is 0 Å². The van der Waals surface area contributed by atoms with Crippen molar-refractivity contribution >= 4 is 23.6 Å². The normalized spacial score (nSPS) is 16.9. The van der Waals surface area contributed by atoms with E-state index in [1.54, 1.807) is 4.90 Å². The van der Waals surface area contributed by atoms with E-state index in [0.29, 0.717) is 24.5 Å². The molecule has 37 heavy (non-hydrogen) atoms. The topological polar surface area (TPSA) is 90.9 Å². The molecular formula is C25H31F3N6O3. The van der Waals surface area contributed by atoms with Gasteiger partial charge in [0.15, 0.2) is 0 Å². The molecule has 4 rings (SSSR count). The number of hydrogen-bond donors (Lipinski definition) is 1. The van der Waals surface area contributed by atoms with Crippen molar-refractivity contribution < 1.29 is 27.5 Å². The third kappa shape index (κ3) is 5.89. The SMILES string of the molecule is CCOc1ccc(C(C)Nc2nc(N3CCN(CC(F)(F)F)C(=O)C3)nc3c2CN(C(C)C)C3=O)cc1. The molecule has 1 aromatic carbocycles. The number of ether oxygens (including phenoxy) is 1. The fraction of sp³-hybridized carbons (Fsp3) is 0.520. The smallest absolute Gasteiger partial charge is 0.406 e. The van der Waals surface area contributed by atoms with Crippen molar-refractivity contribution in [3.8, 4) is 5.75 Å². The van der Waals surface area contributed by atoms with Crippen molar-refractivity contribution in [1.82, 2.24) is 19.8 Å². The van der Waals surface area contributed by atoms with Gasteiger partial charge in [0.05, 0.1) is 13.2 Å². The second kappa shape index (κ2) is 10.4. The van der Waals surface area contributed by atoms with E-state index in [1.807, 2.05) is 52.0 Å². The molecule has 0 spiro atoms. The van der Waals surface area contributed by atoms with Crippen molar-refractivity contribution in [2.24, 2.45) is 0 Å². The number of anilines is 2. The predicted molar refractivity (Wildman–Crippen MR) is 132 cm³/mol. The number of aromatic nitrogens is 2. The van der Waals surface area contributed by atoms with Gasteiger partial charge >= 0.3 is 6.18 Å². The molecule has 200 valence electrons. The third-order valence-corrected chi connectivity index (χ3v) is 6.43. The molecule has 2 aromatic rings. The summed E-state index contributed by atoms with van der Waals surface area (Å²) in [4.78, 5) is 38.7. The van der Waals surface area contributed by atoms with Gasteiger partial charge in [-0.2, -0.15) is 18.2 Å². The Bertz CT molecular complexity index is 1160. The highest BCUT2D eigenvalue weighted by molar-refractivity contribution is 5.98. The first-order chi connectivity index (χ1) is 17.5. The molecule has 2 amide bonds. The molecule has 1 saturated heterocycles. The maximum absolute atomic E-state index is 13.1. The molecule has 9 nitrogen and oxygen atoms in total. The summed E-state index contributed by atoms with van der Waals surface area (Å²) in [6.07, 6.45) is -4.47. The summed E-state index contributed by atoms with van der Waals surface area (Å²) in [7, 11) is 0. The summed E-state index contributed by atoms with van der Waals surface area (Å²) < 4.78 is 43.9. The summed E-state index contributed by atoms with van der Waals surface area (Å²) >= 11 is 0. The van der Waals surface area contributed by atoms with Crippen molar-refractivity contribution in [3.05, 3.63) is 41.1 Å². The molecule has 1 unspecified atom stereocenters. The molecule has 12 heteroatoms. The number of carbonyl (C=O) groups is 2. The fourth-order valence-corrected chi connectivity index (χ4v) is 4.43. The van der Waals surface area contributed by atoms with Crippen LogP contribution in [0.3, 0.4) is 0 Å². The number of rotatable bonds is 8. The van der Waals surface area contributed by atoms with Crippen LogP contribution < -0.4 is 15.0 Å². The number of nitrogens with zero attached hydrogens (tertiary/aromatic N) is 5. The van der Waals surface area contributed by atoms with Gasteiger partial charge in [-0.25, -0.2) is 4.98 Å². The van der Waals surface area contributed by atoms with Crippen molar-refractivity contribution in [2.75, 3.05) is 43.0 Å². The summed E-state index contributed by atoms with van der Waals surface area (Å²) in [5.74, 6) is 0.450. The minimum atomic E-state index is -4.47. The van der Waals surface area contributed by atoms with E-state index < -0.39 is 18.6 Å². The molecule has 0 saturated carbocycles. The minimum Gasteiger partial charge on any atom is -0.494 e. The maximum Gasteiger partial charge on any atom is 0.406 e. The highest BCUT2D eigenvalue weighted by Crippen LogP contribution is 2.33. The van der Waals surface area contributed by atoms with Crippen LogP contribution in [-0.2, 0) is 11.3 Å². The van der Waals surface area contributed by atoms with Crippen LogP contribution in [0.2, 0.25) is 0 Å². The molecule has 2 aliphatic heterocycles. The van der Waals surface area contributed by atoms with Gasteiger partial charge in [0.25, 0.3) is 5.91 Å². The molecule has 0 bridgehead atoms. The Balaban J connectivity index is 1.61. The third-order valence-electron chi connectivity index (χ3n) is 6.43. The molecule has 2 aliphatic rings. The first-order valence-corrected chi connectivity index (χ1v) is 12.3. The summed E-state index contributed by atoms with van der Waals surface area (Å²) in [5, 5.41) is 3.38. The highest BCUT2D eigenvalue weighted by atomic mass is 19.4. The molecule has 1 fully saturated rings. The Morgan fingerprint density at radius 2 is 1.76 bits per heavy atom. The van der Waals surface area contributed by atoms with E-state index in [-0.39, 0.29) is 49.3 Å². The van der Waals surface area contributed by atoms with Crippen LogP contribution in [0.5, 0.6) is 5.75 Å². The van der Waals surface area contributed by atoms with E-state index in [9.17, 15) is 22.8 Å². The Morgan fingerprint density at radius 1 is 1.05 bits per heavy atom. The first kappa shape index (κ1) is 26.5. The van der Waals surface area contributed by atoms with Crippen LogP contribution in [0.15, 0.2) is 24.3 Å². The standard InChI is InChI=1S/C25H31F3N6O3/c1-5-37-18-8-6-17(7-9-18)16(4)29-22-19-12-34(15(2)3)23(36)21(19)30-24(31-22)32-10-11-33(20(35)13-32)14-25(26,27)28/h6-9,15-16H,5,10-14H2,1-4H3,(H,29,30,31). The Hall–Kier alpha value is -3.57. The quantitative estimate of drug-likeness (QED) is 0.569. The largest absolute Gasteiger partial charge is 0.494 e. The second-order valence-corrected chi connectivity index (χ2v) is 9.45. The van der Waals surface area contributed by atoms with Gasteiger partial charge in [0.2, 0.25) is 11.9 Å². The van der Waals surface area contributed by atoms with E-state index in [1.165, 1.54) is 4.90 Å². The van der Waals surface area contributed by atoms with E-state index in [0.717, 1.165) is 16.2 Å². The zero-order valence-corrected chi connectivity index (χ0v) is 21.3. The van der Waals surface area contributed by atoms with Crippen molar-refractivity contribution in [1.29, 1.82) is 0 Å². The average molecular weight is 521 g/mol. The monoisotopic (exact) mass is 520 g/mol. The molecular weight excluding hydrogens is 489 g/mol. The van der Waals surface area contributed by atoms with Gasteiger partial charge in [0, 0.05) is 30.7 Å². The van der Waals surface area contributed by atoms with Gasteiger partial charge in [-0.05, 0) is 45.4 Å². The number of amides is 2. The fourth-order valence-electron chi connectivity index (χ4n) is 4.43. The number of fused-ring (bicyclic) bond motifs is 1. The molecule has 1 atom stereocenters. The number of piperazine rings is 1. The molecule has 0 aliphatic carbocycles. The van der Waals surface area contributed by atoms with Gasteiger partial charge in [-0.1, -0.05) is 12.1 Å². The lowest BCUT2D eigenvalue weighted by molar-refractivity contribution is -0.161. The van der Waals surface area contributed by atoms with Gasteiger partial charge in [-0.3, -0.25) is 9.59 Å². The number of alkyl halides is 3. The van der Waals surface area contributed by atoms with E-state index in [4.69, 9.17) is 4.74 Å². The zero-order valence-electron chi connectivity index (χ0n) is 21.3. The van der Waals surface area contributed by atoms with Crippen molar-refractivity contribution in [2.45, 2.75) is 52.5 Å². The average Bonchev–Trinajstić information content (AvgIpc) is 3.17. The molecule has 3 heterocycles. The van der Waals surface area contributed by atoms with Crippen LogP contribution in [0.1, 0.15) is 55.4 Å².